The normalized spacial score (nSPS) is 19.1. The Labute approximate surface area is 211 Å². The molecule has 2 aliphatic heterocycles. The molecule has 0 aliphatic carbocycles. The van der Waals surface area contributed by atoms with E-state index in [1.165, 1.54) is 0 Å². The fraction of sp³-hybridized carbons (Fsp3) is 0.370. The molecule has 9 heteroatoms. The van der Waals surface area contributed by atoms with Crippen LogP contribution in [0.4, 0.5) is 17.3 Å². The smallest absolute Gasteiger partial charge is 0.236 e. The fourth-order valence-corrected chi connectivity index (χ4v) is 4.35. The molecule has 3 N–H and O–H groups in total. The molecule has 36 heavy (non-hydrogen) atoms. The van der Waals surface area contributed by atoms with Crippen molar-refractivity contribution in [3.63, 3.8) is 0 Å². The number of rotatable bonds is 1. The van der Waals surface area contributed by atoms with E-state index in [1.54, 1.807) is 6.20 Å². The predicted octanol–water partition coefficient (Wildman–Crippen LogP) is 3.10. The topological polar surface area (TPSA) is 101 Å². The Hall–Kier alpha value is -3.69. The van der Waals surface area contributed by atoms with Gasteiger partial charge in [-0.25, -0.2) is 9.97 Å². The summed E-state index contributed by atoms with van der Waals surface area (Å²) in [5.74, 6) is 1.26. The molecule has 2 aliphatic rings. The quantitative estimate of drug-likeness (QED) is 0.481. The number of carbonyl (C=O) groups is 1. The molecule has 2 aromatic carbocycles. The number of hydrogen-bond donors (Lipinski definition) is 3. The standard InChI is InChI=1S/C27H32N6O3/c1-19-26(34)28-9-3-13-36-23-5-2-4-20(17-23)24-8-10-29-27(32-24)31-22-6-7-25(21(16-22)18-30-19)33-11-14-35-15-12-33/h2,4-8,10,16-17,19,30H,3,9,11-15,18H2,1H3,(H,28,34)(H,29,31,32)/t19-/m1/s1. The van der Waals surface area contributed by atoms with Crippen LogP contribution in [0.15, 0.2) is 54.7 Å². The third-order valence-corrected chi connectivity index (χ3v) is 6.35. The Morgan fingerprint density at radius 2 is 1.94 bits per heavy atom. The Kier molecular flexibility index (Phi) is 7.58. The van der Waals surface area contributed by atoms with Crippen molar-refractivity contribution in [2.75, 3.05) is 49.7 Å². The fourth-order valence-electron chi connectivity index (χ4n) is 4.35. The van der Waals surface area contributed by atoms with E-state index in [9.17, 15) is 4.79 Å². The summed E-state index contributed by atoms with van der Waals surface area (Å²) in [6, 6.07) is 15.7. The van der Waals surface area contributed by atoms with E-state index in [-0.39, 0.29) is 11.9 Å². The lowest BCUT2D eigenvalue weighted by Crippen LogP contribution is -2.42. The van der Waals surface area contributed by atoms with Gasteiger partial charge in [0.05, 0.1) is 31.6 Å². The Bertz CT molecular complexity index is 1200. The van der Waals surface area contributed by atoms with E-state index in [4.69, 9.17) is 14.5 Å². The van der Waals surface area contributed by atoms with Gasteiger partial charge >= 0.3 is 0 Å². The van der Waals surface area contributed by atoms with Crippen LogP contribution in [0.1, 0.15) is 18.9 Å². The molecule has 9 nitrogen and oxygen atoms in total. The molecule has 1 amide bonds. The van der Waals surface area contributed by atoms with Crippen LogP contribution >= 0.6 is 0 Å². The third kappa shape index (κ3) is 5.92. The highest BCUT2D eigenvalue weighted by Crippen LogP contribution is 2.28. The molecule has 1 fully saturated rings. The molecule has 0 radical (unpaired) electrons. The second-order valence-electron chi connectivity index (χ2n) is 8.96. The molecule has 3 aromatic rings. The SMILES string of the molecule is C[C@H]1NCc2cc(ccc2N2CCOCC2)Nc2nccc(n2)-c2cccc(c2)OCCCNC1=O. The summed E-state index contributed by atoms with van der Waals surface area (Å²) < 4.78 is 11.5. The second-order valence-corrected chi connectivity index (χ2v) is 8.96. The molecule has 3 heterocycles. The van der Waals surface area contributed by atoms with Crippen LogP contribution in [-0.4, -0.2) is 61.4 Å². The first-order chi connectivity index (χ1) is 17.7. The molecule has 0 saturated carbocycles. The zero-order chi connectivity index (χ0) is 24.7. The van der Waals surface area contributed by atoms with Gasteiger partial charge in [0.15, 0.2) is 0 Å². The van der Waals surface area contributed by atoms with Gasteiger partial charge in [-0.15, -0.1) is 0 Å². The zero-order valence-electron chi connectivity index (χ0n) is 20.5. The minimum atomic E-state index is -0.334. The molecule has 1 atom stereocenters. The van der Waals surface area contributed by atoms with Crippen LogP contribution in [0.3, 0.4) is 0 Å². The number of benzene rings is 2. The summed E-state index contributed by atoms with van der Waals surface area (Å²) in [6.07, 6.45) is 2.47. The first-order valence-electron chi connectivity index (χ1n) is 12.5. The molecule has 1 saturated heterocycles. The van der Waals surface area contributed by atoms with Crippen molar-refractivity contribution in [3.8, 4) is 17.0 Å². The van der Waals surface area contributed by atoms with E-state index >= 15 is 0 Å². The van der Waals surface area contributed by atoms with Crippen LogP contribution in [-0.2, 0) is 16.1 Å². The van der Waals surface area contributed by atoms with E-state index in [0.29, 0.717) is 45.3 Å². The van der Waals surface area contributed by atoms with Gasteiger partial charge in [0.25, 0.3) is 0 Å². The van der Waals surface area contributed by atoms with Crippen molar-refractivity contribution in [2.24, 2.45) is 0 Å². The van der Waals surface area contributed by atoms with Gasteiger partial charge in [0, 0.05) is 49.3 Å². The van der Waals surface area contributed by atoms with Crippen molar-refractivity contribution in [1.29, 1.82) is 0 Å². The van der Waals surface area contributed by atoms with Crippen molar-refractivity contribution in [3.05, 3.63) is 60.3 Å². The van der Waals surface area contributed by atoms with Crippen molar-refractivity contribution < 1.29 is 14.3 Å². The van der Waals surface area contributed by atoms with Crippen LogP contribution in [0, 0.1) is 0 Å². The minimum absolute atomic E-state index is 0.0263. The molecular formula is C27H32N6O3. The molecule has 1 aromatic heterocycles. The van der Waals surface area contributed by atoms with E-state index < -0.39 is 0 Å². The number of anilines is 3. The largest absolute Gasteiger partial charge is 0.494 e. The Morgan fingerprint density at radius 3 is 2.83 bits per heavy atom. The highest BCUT2D eigenvalue weighted by molar-refractivity contribution is 5.81. The molecule has 5 rings (SSSR count). The van der Waals surface area contributed by atoms with Gasteiger partial charge in [-0.05, 0) is 55.3 Å². The summed E-state index contributed by atoms with van der Waals surface area (Å²) in [5.41, 5.74) is 4.87. The van der Waals surface area contributed by atoms with Crippen molar-refractivity contribution >= 4 is 23.2 Å². The Balaban J connectivity index is 1.47. The maximum Gasteiger partial charge on any atom is 0.236 e. The van der Waals surface area contributed by atoms with Crippen LogP contribution in [0.5, 0.6) is 5.75 Å². The van der Waals surface area contributed by atoms with Crippen molar-refractivity contribution in [1.82, 2.24) is 20.6 Å². The van der Waals surface area contributed by atoms with E-state index in [1.807, 2.05) is 43.3 Å². The summed E-state index contributed by atoms with van der Waals surface area (Å²) in [6.45, 7) is 6.58. The maximum absolute atomic E-state index is 12.6. The lowest BCUT2D eigenvalue weighted by molar-refractivity contribution is -0.122. The molecule has 0 spiro atoms. The number of fused-ring (bicyclic) bond motifs is 7. The highest BCUT2D eigenvalue weighted by Gasteiger charge is 2.18. The highest BCUT2D eigenvalue weighted by atomic mass is 16.5. The first kappa shape index (κ1) is 24.0. The number of ether oxygens (including phenoxy) is 2. The van der Waals surface area contributed by atoms with Gasteiger partial charge in [0.2, 0.25) is 11.9 Å². The zero-order valence-corrected chi connectivity index (χ0v) is 20.5. The summed E-state index contributed by atoms with van der Waals surface area (Å²) in [4.78, 5) is 24.1. The number of nitrogens with zero attached hydrogens (tertiary/aromatic N) is 3. The number of carbonyl (C=O) groups excluding carboxylic acids is 1. The van der Waals surface area contributed by atoms with Gasteiger partial charge < -0.3 is 30.3 Å². The van der Waals surface area contributed by atoms with Gasteiger partial charge in [0.1, 0.15) is 5.75 Å². The Morgan fingerprint density at radius 1 is 1.06 bits per heavy atom. The van der Waals surface area contributed by atoms with Gasteiger partial charge in [-0.2, -0.15) is 0 Å². The average Bonchev–Trinajstić information content (AvgIpc) is 2.92. The number of nitrogens with one attached hydrogen (secondary N) is 3. The van der Waals surface area contributed by atoms with Crippen LogP contribution in [0.25, 0.3) is 11.3 Å². The minimum Gasteiger partial charge on any atom is -0.494 e. The van der Waals surface area contributed by atoms with Gasteiger partial charge in [-0.1, -0.05) is 12.1 Å². The van der Waals surface area contributed by atoms with Crippen molar-refractivity contribution in [2.45, 2.75) is 25.9 Å². The van der Waals surface area contributed by atoms with E-state index in [2.05, 4.69) is 38.0 Å². The van der Waals surface area contributed by atoms with E-state index in [0.717, 1.165) is 47.0 Å². The predicted molar refractivity (Wildman–Crippen MR) is 140 cm³/mol. The molecular weight excluding hydrogens is 456 g/mol. The first-order valence-corrected chi connectivity index (χ1v) is 12.5. The molecule has 0 unspecified atom stereocenters. The van der Waals surface area contributed by atoms with Crippen LogP contribution in [0.2, 0.25) is 0 Å². The number of aromatic nitrogens is 2. The summed E-state index contributed by atoms with van der Waals surface area (Å²) in [7, 11) is 0. The number of hydrogen-bond acceptors (Lipinski definition) is 8. The summed E-state index contributed by atoms with van der Waals surface area (Å²) >= 11 is 0. The van der Waals surface area contributed by atoms with Gasteiger partial charge in [-0.3, -0.25) is 4.79 Å². The molecule has 188 valence electrons. The maximum atomic E-state index is 12.6. The third-order valence-electron chi connectivity index (χ3n) is 6.35. The monoisotopic (exact) mass is 488 g/mol. The van der Waals surface area contributed by atoms with Crippen LogP contribution < -0.4 is 25.6 Å². The number of amides is 1. The lowest BCUT2D eigenvalue weighted by Gasteiger charge is -2.31. The number of morpholine rings is 1. The summed E-state index contributed by atoms with van der Waals surface area (Å²) in [5, 5.41) is 9.74. The lowest BCUT2D eigenvalue weighted by atomic mass is 10.1. The second kappa shape index (κ2) is 11.4. The average molecular weight is 489 g/mol. The molecule has 6 bridgehead atoms.